The molecule has 0 spiro atoms. The van der Waals surface area contributed by atoms with E-state index in [4.69, 9.17) is 9.84 Å². The Balaban J connectivity index is 1.97. The average molecular weight is 265 g/mol. The van der Waals surface area contributed by atoms with E-state index >= 15 is 0 Å². The molecule has 1 aliphatic heterocycles. The van der Waals surface area contributed by atoms with Crippen molar-refractivity contribution >= 4 is 12.1 Å². The molecule has 2 rings (SSSR count). The number of carbonyl (C=O) groups is 2. The Morgan fingerprint density at radius 3 is 2.58 bits per heavy atom. The smallest absolute Gasteiger partial charge is 0.412 e. The van der Waals surface area contributed by atoms with Gasteiger partial charge in [0.1, 0.15) is 18.9 Å². The number of aliphatic hydroxyl groups is 1. The molecule has 1 heterocycles. The van der Waals surface area contributed by atoms with Crippen LogP contribution in [0.15, 0.2) is 30.3 Å². The van der Waals surface area contributed by atoms with Gasteiger partial charge in [-0.1, -0.05) is 30.3 Å². The van der Waals surface area contributed by atoms with E-state index in [1.54, 1.807) is 12.1 Å². The molecule has 2 N–H and O–H groups in total. The van der Waals surface area contributed by atoms with Gasteiger partial charge in [-0.2, -0.15) is 0 Å². The quantitative estimate of drug-likeness (QED) is 0.857. The molecule has 1 fully saturated rings. The van der Waals surface area contributed by atoms with Crippen molar-refractivity contribution in [3.05, 3.63) is 35.9 Å². The first kappa shape index (κ1) is 13.4. The molecule has 1 amide bonds. The Morgan fingerprint density at radius 1 is 1.26 bits per heavy atom. The van der Waals surface area contributed by atoms with Crippen LogP contribution in [0.3, 0.4) is 0 Å². The Labute approximate surface area is 110 Å². The minimum Gasteiger partial charge on any atom is -0.480 e. The Bertz CT molecular complexity index is 461. The van der Waals surface area contributed by atoms with Crippen LogP contribution in [-0.4, -0.2) is 39.4 Å². The summed E-state index contributed by atoms with van der Waals surface area (Å²) in [5.41, 5.74) is 0.802. The number of nitrogens with zero attached hydrogens (tertiary/aromatic N) is 1. The number of hydrogen-bond acceptors (Lipinski definition) is 4. The maximum absolute atomic E-state index is 11.8. The lowest BCUT2D eigenvalue weighted by molar-refractivity contribution is -0.143. The lowest BCUT2D eigenvalue weighted by Crippen LogP contribution is -2.45. The predicted octanol–water partition coefficient (Wildman–Crippen LogP) is 1.19. The average Bonchev–Trinajstić information content (AvgIpc) is 2.79. The molecule has 1 saturated heterocycles. The first-order valence-electron chi connectivity index (χ1n) is 5.99. The topological polar surface area (TPSA) is 87.1 Å². The standard InChI is InChI=1S/C13H15NO5/c15-11-7-6-10(12(16)17)14(11)13(18)19-8-9-4-2-1-3-5-9/h1-5,10-11,15H,6-8H2,(H,16,17)/t10-,11?/m0/s1. The molecule has 6 nitrogen and oxygen atoms in total. The molecular weight excluding hydrogens is 250 g/mol. The van der Waals surface area contributed by atoms with Gasteiger partial charge in [0, 0.05) is 0 Å². The molecule has 1 aromatic rings. The fraction of sp³-hybridized carbons (Fsp3) is 0.385. The Kier molecular flexibility index (Phi) is 4.01. The summed E-state index contributed by atoms with van der Waals surface area (Å²) in [5, 5.41) is 18.6. The van der Waals surface area contributed by atoms with Crippen LogP contribution in [0, 0.1) is 0 Å². The summed E-state index contributed by atoms with van der Waals surface area (Å²) in [6.45, 7) is 0.0508. The van der Waals surface area contributed by atoms with Gasteiger partial charge in [0.25, 0.3) is 0 Å². The van der Waals surface area contributed by atoms with E-state index in [1.807, 2.05) is 18.2 Å². The number of carbonyl (C=O) groups excluding carboxylic acids is 1. The lowest BCUT2D eigenvalue weighted by atomic mass is 10.2. The minimum absolute atomic E-state index is 0.0508. The molecule has 102 valence electrons. The number of likely N-dealkylation sites (tertiary alicyclic amines) is 1. The van der Waals surface area contributed by atoms with E-state index in [2.05, 4.69) is 0 Å². The van der Waals surface area contributed by atoms with Crippen molar-refractivity contribution in [2.75, 3.05) is 0 Å². The van der Waals surface area contributed by atoms with Gasteiger partial charge in [-0.3, -0.25) is 4.90 Å². The third kappa shape index (κ3) is 3.03. The maximum Gasteiger partial charge on any atom is 0.412 e. The summed E-state index contributed by atoms with van der Waals surface area (Å²) in [6, 6.07) is 8.04. The van der Waals surface area contributed by atoms with Crippen LogP contribution in [-0.2, 0) is 16.1 Å². The van der Waals surface area contributed by atoms with Crippen LogP contribution in [0.1, 0.15) is 18.4 Å². The molecule has 0 aromatic heterocycles. The van der Waals surface area contributed by atoms with Gasteiger partial charge in [0.15, 0.2) is 0 Å². The molecule has 1 aliphatic rings. The fourth-order valence-corrected chi connectivity index (χ4v) is 2.08. The summed E-state index contributed by atoms with van der Waals surface area (Å²) in [6.07, 6.45) is -1.42. The molecule has 0 bridgehead atoms. The van der Waals surface area contributed by atoms with Crippen LogP contribution in [0.25, 0.3) is 0 Å². The fourth-order valence-electron chi connectivity index (χ4n) is 2.08. The van der Waals surface area contributed by atoms with Gasteiger partial charge in [-0.25, -0.2) is 9.59 Å². The molecule has 6 heteroatoms. The van der Waals surface area contributed by atoms with Gasteiger partial charge in [0.05, 0.1) is 0 Å². The van der Waals surface area contributed by atoms with Crippen LogP contribution in [0.5, 0.6) is 0 Å². The molecule has 0 aliphatic carbocycles. The third-order valence-corrected chi connectivity index (χ3v) is 3.06. The summed E-state index contributed by atoms with van der Waals surface area (Å²) in [5.74, 6) is -1.13. The van der Waals surface area contributed by atoms with E-state index in [9.17, 15) is 14.7 Å². The number of carboxylic acid groups (broad SMARTS) is 1. The van der Waals surface area contributed by atoms with Crippen LogP contribution in [0.4, 0.5) is 4.79 Å². The van der Waals surface area contributed by atoms with E-state index in [-0.39, 0.29) is 19.4 Å². The number of aliphatic carboxylic acids is 1. The zero-order valence-electron chi connectivity index (χ0n) is 10.2. The molecule has 2 atom stereocenters. The number of benzene rings is 1. The zero-order chi connectivity index (χ0) is 13.8. The van der Waals surface area contributed by atoms with Crippen molar-refractivity contribution < 1.29 is 24.5 Å². The van der Waals surface area contributed by atoms with Crippen LogP contribution in [0.2, 0.25) is 0 Å². The van der Waals surface area contributed by atoms with Gasteiger partial charge in [-0.15, -0.1) is 0 Å². The highest BCUT2D eigenvalue weighted by Crippen LogP contribution is 2.23. The van der Waals surface area contributed by atoms with Gasteiger partial charge in [-0.05, 0) is 18.4 Å². The highest BCUT2D eigenvalue weighted by atomic mass is 16.6. The van der Waals surface area contributed by atoms with Crippen molar-refractivity contribution in [3.63, 3.8) is 0 Å². The monoisotopic (exact) mass is 265 g/mol. The van der Waals surface area contributed by atoms with Crippen molar-refractivity contribution in [2.45, 2.75) is 31.7 Å². The molecule has 0 radical (unpaired) electrons. The van der Waals surface area contributed by atoms with E-state index in [0.29, 0.717) is 0 Å². The normalized spacial score (nSPS) is 22.3. The van der Waals surface area contributed by atoms with E-state index in [1.165, 1.54) is 0 Å². The SMILES string of the molecule is O=C(O)[C@@H]1CCC(O)N1C(=O)OCc1ccccc1. The minimum atomic E-state index is -1.13. The Morgan fingerprint density at radius 2 is 1.95 bits per heavy atom. The van der Waals surface area contributed by atoms with Crippen molar-refractivity contribution in [1.29, 1.82) is 0 Å². The van der Waals surface area contributed by atoms with Gasteiger partial charge < -0.3 is 14.9 Å². The molecule has 0 saturated carbocycles. The van der Waals surface area contributed by atoms with Gasteiger partial charge in [0.2, 0.25) is 0 Å². The summed E-state index contributed by atoms with van der Waals surface area (Å²) in [7, 11) is 0. The number of carboxylic acids is 1. The second-order valence-corrected chi connectivity index (χ2v) is 4.36. The largest absolute Gasteiger partial charge is 0.480 e. The van der Waals surface area contributed by atoms with Crippen LogP contribution >= 0.6 is 0 Å². The van der Waals surface area contributed by atoms with E-state index in [0.717, 1.165) is 10.5 Å². The highest BCUT2D eigenvalue weighted by Gasteiger charge is 2.41. The number of aliphatic hydroxyl groups excluding tert-OH is 1. The number of rotatable bonds is 3. The van der Waals surface area contributed by atoms with Crippen LogP contribution < -0.4 is 0 Å². The molecule has 1 aromatic carbocycles. The zero-order valence-corrected chi connectivity index (χ0v) is 10.2. The number of hydrogen-bond donors (Lipinski definition) is 2. The van der Waals surface area contributed by atoms with Gasteiger partial charge >= 0.3 is 12.1 Å². The van der Waals surface area contributed by atoms with Crippen molar-refractivity contribution in [3.8, 4) is 0 Å². The second-order valence-electron chi connectivity index (χ2n) is 4.36. The lowest BCUT2D eigenvalue weighted by Gasteiger charge is -2.24. The number of amides is 1. The summed E-state index contributed by atoms with van der Waals surface area (Å²) >= 11 is 0. The van der Waals surface area contributed by atoms with Crippen molar-refractivity contribution in [1.82, 2.24) is 4.90 Å². The van der Waals surface area contributed by atoms with E-state index < -0.39 is 24.3 Å². The van der Waals surface area contributed by atoms with Crippen molar-refractivity contribution in [2.24, 2.45) is 0 Å². The first-order chi connectivity index (χ1) is 9.09. The molecule has 1 unspecified atom stereocenters. The third-order valence-electron chi connectivity index (χ3n) is 3.06. The number of ether oxygens (including phenoxy) is 1. The summed E-state index contributed by atoms with van der Waals surface area (Å²) in [4.78, 5) is 23.7. The predicted molar refractivity (Wildman–Crippen MR) is 65.1 cm³/mol. The molecular formula is C13H15NO5. The second kappa shape index (κ2) is 5.71. The maximum atomic E-state index is 11.8. The molecule has 19 heavy (non-hydrogen) atoms. The Hall–Kier alpha value is -2.08. The highest BCUT2D eigenvalue weighted by molar-refractivity contribution is 5.80. The summed E-state index contributed by atoms with van der Waals surface area (Å²) < 4.78 is 5.03. The first-order valence-corrected chi connectivity index (χ1v) is 5.99.